The Morgan fingerprint density at radius 1 is 0.500 bits per heavy atom. The number of benzene rings is 5. The Balaban J connectivity index is 1.40. The Morgan fingerprint density at radius 2 is 0.913 bits per heavy atom. The lowest BCUT2D eigenvalue weighted by atomic mass is 10.1. The number of nitrogens with zero attached hydrogens (tertiary/aromatic N) is 6. The van der Waals surface area contributed by atoms with E-state index in [2.05, 4.69) is 117 Å². The molecule has 0 N–H and O–H groups in total. The quantitative estimate of drug-likeness (QED) is 0.193. The van der Waals surface area contributed by atoms with Crippen LogP contribution in [0.4, 0.5) is 34.1 Å². The van der Waals surface area contributed by atoms with Crippen molar-refractivity contribution in [1.29, 1.82) is 0 Å². The van der Waals surface area contributed by atoms with Crippen molar-refractivity contribution in [2.45, 2.75) is 23.6 Å². The van der Waals surface area contributed by atoms with Crippen LogP contribution in [0.15, 0.2) is 131 Å². The van der Waals surface area contributed by atoms with Gasteiger partial charge in [0.1, 0.15) is 0 Å². The number of fused-ring (bicyclic) bond motifs is 10. The minimum atomic E-state index is 0.812. The van der Waals surface area contributed by atoms with Gasteiger partial charge < -0.3 is 14.5 Å². The summed E-state index contributed by atoms with van der Waals surface area (Å²) in [6, 6.07) is 38.5. The van der Waals surface area contributed by atoms with Gasteiger partial charge in [0.2, 0.25) is 0 Å². The molecule has 3 aromatic heterocycles. The molecule has 46 heavy (non-hydrogen) atoms. The molecule has 0 spiro atoms. The van der Waals surface area contributed by atoms with E-state index in [1.54, 1.807) is 0 Å². The summed E-state index contributed by atoms with van der Waals surface area (Å²) in [7, 11) is 0. The van der Waals surface area contributed by atoms with Gasteiger partial charge in [-0.2, -0.15) is 0 Å². The molecule has 220 valence electrons. The number of ether oxygens (including phenoxy) is 1. The van der Waals surface area contributed by atoms with Crippen molar-refractivity contribution in [3.8, 4) is 11.5 Å². The van der Waals surface area contributed by atoms with Crippen LogP contribution in [0.3, 0.4) is 0 Å². The van der Waals surface area contributed by atoms with E-state index in [0.29, 0.717) is 0 Å². The van der Waals surface area contributed by atoms with E-state index in [0.717, 1.165) is 79.3 Å². The summed E-state index contributed by atoms with van der Waals surface area (Å²) in [6.45, 7) is 4.21. The number of rotatable bonds is 2. The molecule has 5 heterocycles. The molecule has 0 radical (unpaired) electrons. The second kappa shape index (κ2) is 9.39. The number of imidazole rings is 2. The highest BCUT2D eigenvalue weighted by Crippen LogP contribution is 2.57. The zero-order valence-electron chi connectivity index (χ0n) is 25.0. The largest absolute Gasteiger partial charge is 0.453 e. The number of anilines is 6. The van der Waals surface area contributed by atoms with Gasteiger partial charge in [-0.3, -0.25) is 8.80 Å². The van der Waals surface area contributed by atoms with Gasteiger partial charge in [-0.15, -0.1) is 0 Å². The van der Waals surface area contributed by atoms with Crippen LogP contribution < -0.4 is 14.5 Å². The van der Waals surface area contributed by atoms with Crippen molar-refractivity contribution in [1.82, 2.24) is 18.8 Å². The van der Waals surface area contributed by atoms with Crippen LogP contribution in [-0.2, 0) is 0 Å². The summed E-state index contributed by atoms with van der Waals surface area (Å²) in [4.78, 5) is 16.8. The van der Waals surface area contributed by atoms with Gasteiger partial charge in [0.05, 0.1) is 45.2 Å². The van der Waals surface area contributed by atoms with E-state index in [9.17, 15) is 0 Å². The fraction of sp³-hybridized carbons (Fsp3) is 0.0526. The number of hydrogen-bond acceptors (Lipinski definition) is 6. The lowest BCUT2D eigenvalue weighted by Crippen LogP contribution is -2.21. The van der Waals surface area contributed by atoms with Crippen molar-refractivity contribution >= 4 is 68.2 Å². The smallest absolute Gasteiger partial charge is 0.181 e. The highest BCUT2D eigenvalue weighted by molar-refractivity contribution is 7.99. The summed E-state index contributed by atoms with van der Waals surface area (Å²) < 4.78 is 10.9. The van der Waals surface area contributed by atoms with Crippen LogP contribution in [0.5, 0.6) is 11.5 Å². The van der Waals surface area contributed by atoms with Crippen molar-refractivity contribution in [2.24, 2.45) is 0 Å². The Kier molecular flexibility index (Phi) is 5.22. The molecule has 10 rings (SSSR count). The average Bonchev–Trinajstić information content (AvgIpc) is 3.68. The normalized spacial score (nSPS) is 13.4. The zero-order chi connectivity index (χ0) is 30.5. The summed E-state index contributed by atoms with van der Waals surface area (Å²) >= 11 is 1.81. The van der Waals surface area contributed by atoms with Crippen molar-refractivity contribution in [2.75, 3.05) is 9.80 Å². The van der Waals surface area contributed by atoms with Crippen molar-refractivity contribution in [3.05, 3.63) is 133 Å². The highest BCUT2D eigenvalue weighted by Gasteiger charge is 2.33. The van der Waals surface area contributed by atoms with Gasteiger partial charge in [-0.1, -0.05) is 60.3 Å². The molecule has 5 aromatic carbocycles. The van der Waals surface area contributed by atoms with Gasteiger partial charge in [-0.05, 0) is 74.5 Å². The minimum Gasteiger partial charge on any atom is -0.453 e. The van der Waals surface area contributed by atoms with Crippen LogP contribution in [0, 0.1) is 13.8 Å². The predicted molar refractivity (Wildman–Crippen MR) is 184 cm³/mol. The Hall–Kier alpha value is -5.73. The molecule has 8 aromatic rings. The zero-order valence-corrected chi connectivity index (χ0v) is 25.9. The molecular weight excluding hydrogens is 589 g/mol. The molecule has 0 atom stereocenters. The molecule has 7 nitrogen and oxygen atoms in total. The van der Waals surface area contributed by atoms with Gasteiger partial charge in [0.25, 0.3) is 0 Å². The first kappa shape index (κ1) is 25.6. The predicted octanol–water partition coefficient (Wildman–Crippen LogP) is 10.3. The molecule has 0 fully saturated rings. The first-order valence-electron chi connectivity index (χ1n) is 15.3. The van der Waals surface area contributed by atoms with E-state index >= 15 is 0 Å². The lowest BCUT2D eigenvalue weighted by molar-refractivity contribution is 0.477. The van der Waals surface area contributed by atoms with E-state index in [4.69, 9.17) is 14.7 Å². The average molecular weight is 615 g/mol. The summed E-state index contributed by atoms with van der Waals surface area (Å²) in [5.74, 6) is 1.62. The van der Waals surface area contributed by atoms with Crippen LogP contribution in [0.1, 0.15) is 11.4 Å². The monoisotopic (exact) mass is 614 g/mol. The third kappa shape index (κ3) is 3.44. The second-order valence-corrected chi connectivity index (χ2v) is 12.8. The van der Waals surface area contributed by atoms with Crippen molar-refractivity contribution < 1.29 is 4.74 Å². The topological polar surface area (TPSA) is 50.3 Å². The van der Waals surface area contributed by atoms with E-state index in [1.807, 2.05) is 48.4 Å². The fourth-order valence-electron chi connectivity index (χ4n) is 7.00. The molecule has 2 aliphatic heterocycles. The maximum Gasteiger partial charge on any atom is 0.181 e. The Morgan fingerprint density at radius 3 is 1.41 bits per heavy atom. The molecule has 0 unspecified atom stereocenters. The molecule has 0 amide bonds. The van der Waals surface area contributed by atoms with Crippen LogP contribution in [0.2, 0.25) is 0 Å². The third-order valence-electron chi connectivity index (χ3n) is 8.98. The van der Waals surface area contributed by atoms with Crippen LogP contribution in [0.25, 0.3) is 22.3 Å². The third-order valence-corrected chi connectivity index (χ3v) is 10.1. The van der Waals surface area contributed by atoms with E-state index in [1.165, 1.54) is 9.79 Å². The molecule has 0 saturated heterocycles. The molecule has 0 aliphatic carbocycles. The van der Waals surface area contributed by atoms with Gasteiger partial charge in [0, 0.05) is 33.6 Å². The highest BCUT2D eigenvalue weighted by atomic mass is 32.2. The van der Waals surface area contributed by atoms with Gasteiger partial charge >= 0.3 is 0 Å². The number of aromatic nitrogens is 4. The maximum absolute atomic E-state index is 6.47. The van der Waals surface area contributed by atoms with Crippen LogP contribution in [-0.4, -0.2) is 18.8 Å². The SMILES string of the molecule is Cc1cnc2c3ncc(C)n3c3cc(N4c5ccccc5Sc5ccccc54)c(N4c5ccccc5Oc5ccccc54)cc3n12. The van der Waals surface area contributed by atoms with Crippen molar-refractivity contribution in [3.63, 3.8) is 0 Å². The molecule has 0 saturated carbocycles. The molecule has 2 aliphatic rings. The summed E-state index contributed by atoms with van der Waals surface area (Å²) in [5.41, 5.74) is 12.2. The minimum absolute atomic E-state index is 0.812. The Labute approximate surface area is 268 Å². The first-order valence-corrected chi connectivity index (χ1v) is 16.1. The molecular formula is C38H26N6OS. The van der Waals surface area contributed by atoms with Crippen LogP contribution >= 0.6 is 11.8 Å². The first-order chi connectivity index (χ1) is 22.7. The number of hydrogen-bond donors (Lipinski definition) is 0. The fourth-order valence-corrected chi connectivity index (χ4v) is 8.06. The van der Waals surface area contributed by atoms with Gasteiger partial charge in [0.15, 0.2) is 22.8 Å². The lowest BCUT2D eigenvalue weighted by Gasteiger charge is -2.38. The summed E-state index contributed by atoms with van der Waals surface area (Å²) in [5, 5.41) is 0. The summed E-state index contributed by atoms with van der Waals surface area (Å²) in [6.07, 6.45) is 3.86. The number of aryl methyl sites for hydroxylation is 2. The number of para-hydroxylation sites is 6. The standard InChI is InChI=1S/C38H26N6OS/c1-23-21-39-37-38-40-22-24(2)42(38)30-20-32(44-27-13-5-9-17-35(27)46-36-18-10-6-14-28(36)44)31(19-29(30)41(23)37)43-25-11-3-7-15-33(25)45-34-16-8-4-12-26(34)43/h3-22H,1-2H3. The second-order valence-electron chi connectivity index (χ2n) is 11.7. The van der Waals surface area contributed by atoms with E-state index < -0.39 is 0 Å². The van der Waals surface area contributed by atoms with Gasteiger partial charge in [-0.25, -0.2) is 9.97 Å². The van der Waals surface area contributed by atoms with E-state index in [-0.39, 0.29) is 0 Å². The molecule has 8 heteroatoms. The maximum atomic E-state index is 6.47. The molecule has 0 bridgehead atoms. The Bertz CT molecular complexity index is 2280.